The zero-order valence-corrected chi connectivity index (χ0v) is 18.0. The molecule has 0 saturated heterocycles. The molecule has 0 fully saturated rings. The number of hydrogen-bond acceptors (Lipinski definition) is 5. The van der Waals surface area contributed by atoms with Crippen LogP contribution in [-0.4, -0.2) is 33.4 Å². The monoisotopic (exact) mass is 409 g/mol. The van der Waals surface area contributed by atoms with Crippen molar-refractivity contribution in [3.63, 3.8) is 0 Å². The average Bonchev–Trinajstić information content (AvgIpc) is 3.08. The highest BCUT2D eigenvalue weighted by Gasteiger charge is 2.24. The smallest absolute Gasteiger partial charge is 0.261 e. The Morgan fingerprint density at radius 2 is 2.07 bits per heavy atom. The van der Waals surface area contributed by atoms with Crippen molar-refractivity contribution in [2.45, 2.75) is 52.6 Å². The van der Waals surface area contributed by atoms with Crippen LogP contribution in [0.1, 0.15) is 43.2 Å². The van der Waals surface area contributed by atoms with Gasteiger partial charge in [-0.1, -0.05) is 37.3 Å². The lowest BCUT2D eigenvalue weighted by Gasteiger charge is -2.27. The van der Waals surface area contributed by atoms with Crippen LogP contribution in [0.4, 0.5) is 0 Å². The Hall–Kier alpha value is -2.47. The van der Waals surface area contributed by atoms with Crippen LogP contribution < -0.4 is 4.74 Å². The summed E-state index contributed by atoms with van der Waals surface area (Å²) in [5, 5.41) is 1.01. The van der Waals surface area contributed by atoms with Gasteiger partial charge in [0.15, 0.2) is 6.61 Å². The Bertz CT molecular complexity index is 1000. The molecule has 4 rings (SSSR count). The summed E-state index contributed by atoms with van der Waals surface area (Å²) in [6, 6.07) is 10.1. The fraction of sp³-hybridized carbons (Fsp3) is 0.435. The van der Waals surface area contributed by atoms with Gasteiger partial charge in [0, 0.05) is 17.5 Å². The Kier molecular flexibility index (Phi) is 5.81. The molecule has 2 aromatic heterocycles. The van der Waals surface area contributed by atoms with E-state index in [-0.39, 0.29) is 18.6 Å². The number of ether oxygens (including phenoxy) is 1. The van der Waals surface area contributed by atoms with E-state index in [2.05, 4.69) is 16.9 Å². The lowest BCUT2D eigenvalue weighted by Crippen LogP contribution is -2.39. The molecular weight excluding hydrogens is 382 g/mol. The molecule has 29 heavy (non-hydrogen) atoms. The molecule has 0 spiro atoms. The quantitative estimate of drug-likeness (QED) is 0.595. The standard InChI is InChI=1S/C23H27N3O2S/c1-15(2)26(12-17-7-5-4-6-8-17)20(27)13-28-22-21-18-10-9-16(3)11-19(18)29-23(21)25-14-24-22/h4-8,14-16H,9-13H2,1-3H3. The highest BCUT2D eigenvalue weighted by Crippen LogP contribution is 2.40. The summed E-state index contributed by atoms with van der Waals surface area (Å²) in [5.74, 6) is 1.21. The first kappa shape index (κ1) is 19.8. The summed E-state index contributed by atoms with van der Waals surface area (Å²) in [7, 11) is 0. The first-order valence-corrected chi connectivity index (χ1v) is 11.1. The Balaban J connectivity index is 1.52. The minimum Gasteiger partial charge on any atom is -0.467 e. The average molecular weight is 410 g/mol. The molecule has 1 aliphatic rings. The molecule has 1 aromatic carbocycles. The maximum atomic E-state index is 12.9. The summed E-state index contributed by atoms with van der Waals surface area (Å²) in [6.07, 6.45) is 4.83. The van der Waals surface area contributed by atoms with Crippen LogP contribution in [0.25, 0.3) is 10.2 Å². The second kappa shape index (κ2) is 8.49. The zero-order chi connectivity index (χ0) is 20.4. The van der Waals surface area contributed by atoms with Crippen molar-refractivity contribution >= 4 is 27.5 Å². The van der Waals surface area contributed by atoms with Gasteiger partial charge in [-0.3, -0.25) is 4.79 Å². The van der Waals surface area contributed by atoms with Crippen LogP contribution >= 0.6 is 11.3 Å². The van der Waals surface area contributed by atoms with E-state index in [1.54, 1.807) is 11.3 Å². The third kappa shape index (κ3) is 4.27. The molecule has 5 nitrogen and oxygen atoms in total. The van der Waals surface area contributed by atoms with Crippen molar-refractivity contribution in [2.75, 3.05) is 6.61 Å². The van der Waals surface area contributed by atoms with E-state index >= 15 is 0 Å². The molecular formula is C23H27N3O2S. The van der Waals surface area contributed by atoms with E-state index in [0.29, 0.717) is 18.3 Å². The maximum absolute atomic E-state index is 12.9. The number of carbonyl (C=O) groups excluding carboxylic acids is 1. The van der Waals surface area contributed by atoms with Gasteiger partial charge in [0.1, 0.15) is 11.2 Å². The van der Waals surface area contributed by atoms with Crippen LogP contribution in [0.3, 0.4) is 0 Å². The first-order chi connectivity index (χ1) is 14.0. The molecule has 0 aliphatic heterocycles. The number of benzene rings is 1. The molecule has 6 heteroatoms. The summed E-state index contributed by atoms with van der Waals surface area (Å²) in [5.41, 5.74) is 2.43. The van der Waals surface area contributed by atoms with Crippen LogP contribution in [0.5, 0.6) is 5.88 Å². The minimum atomic E-state index is -0.0339. The van der Waals surface area contributed by atoms with Gasteiger partial charge >= 0.3 is 0 Å². The van der Waals surface area contributed by atoms with Crippen molar-refractivity contribution in [3.05, 3.63) is 52.7 Å². The minimum absolute atomic E-state index is 0.0157. The predicted molar refractivity (Wildman–Crippen MR) is 116 cm³/mol. The molecule has 1 unspecified atom stereocenters. The summed E-state index contributed by atoms with van der Waals surface area (Å²) < 4.78 is 5.97. The van der Waals surface area contributed by atoms with Gasteiger partial charge in [0.05, 0.1) is 5.39 Å². The number of hydrogen-bond donors (Lipinski definition) is 0. The van der Waals surface area contributed by atoms with E-state index in [4.69, 9.17) is 4.74 Å². The van der Waals surface area contributed by atoms with Gasteiger partial charge in [-0.15, -0.1) is 11.3 Å². The number of thiophene rings is 1. The van der Waals surface area contributed by atoms with Gasteiger partial charge in [-0.25, -0.2) is 9.97 Å². The molecule has 1 atom stereocenters. The highest BCUT2D eigenvalue weighted by molar-refractivity contribution is 7.18. The topological polar surface area (TPSA) is 55.3 Å². The summed E-state index contributed by atoms with van der Waals surface area (Å²) in [6.45, 7) is 6.91. The summed E-state index contributed by atoms with van der Waals surface area (Å²) in [4.78, 5) is 25.9. The van der Waals surface area contributed by atoms with Gasteiger partial charge < -0.3 is 9.64 Å². The Morgan fingerprint density at radius 1 is 1.28 bits per heavy atom. The number of aromatic nitrogens is 2. The maximum Gasteiger partial charge on any atom is 0.261 e. The number of fused-ring (bicyclic) bond motifs is 3. The van der Waals surface area contributed by atoms with Gasteiger partial charge in [-0.2, -0.15) is 0 Å². The normalized spacial score (nSPS) is 16.1. The molecule has 152 valence electrons. The highest BCUT2D eigenvalue weighted by atomic mass is 32.1. The van der Waals surface area contributed by atoms with Crippen molar-refractivity contribution < 1.29 is 9.53 Å². The van der Waals surface area contributed by atoms with E-state index in [1.807, 2.05) is 49.1 Å². The van der Waals surface area contributed by atoms with E-state index in [1.165, 1.54) is 23.2 Å². The largest absolute Gasteiger partial charge is 0.467 e. The predicted octanol–water partition coefficient (Wildman–Crippen LogP) is 4.63. The molecule has 0 saturated carbocycles. The summed E-state index contributed by atoms with van der Waals surface area (Å²) >= 11 is 1.74. The Labute approximate surface area is 175 Å². The first-order valence-electron chi connectivity index (χ1n) is 10.2. The van der Waals surface area contributed by atoms with Crippen molar-refractivity contribution in [2.24, 2.45) is 5.92 Å². The number of rotatable bonds is 6. The SMILES string of the molecule is CC1CCc2c(sc3ncnc(OCC(=O)N(Cc4ccccc4)C(C)C)c23)C1. The molecule has 1 amide bonds. The third-order valence-corrected chi connectivity index (χ3v) is 6.69. The number of amides is 1. The molecule has 3 aromatic rings. The van der Waals surface area contributed by atoms with Crippen LogP contribution in [0, 0.1) is 5.92 Å². The van der Waals surface area contributed by atoms with Crippen LogP contribution in [0.2, 0.25) is 0 Å². The van der Waals surface area contributed by atoms with Crippen molar-refractivity contribution in [1.82, 2.24) is 14.9 Å². The molecule has 0 N–H and O–H groups in total. The lowest BCUT2D eigenvalue weighted by atomic mass is 9.89. The van der Waals surface area contributed by atoms with Crippen molar-refractivity contribution in [1.29, 1.82) is 0 Å². The van der Waals surface area contributed by atoms with Crippen LogP contribution in [-0.2, 0) is 24.2 Å². The fourth-order valence-electron chi connectivity index (χ4n) is 3.91. The van der Waals surface area contributed by atoms with E-state index in [0.717, 1.165) is 28.6 Å². The molecule has 0 radical (unpaired) electrons. The fourth-order valence-corrected chi connectivity index (χ4v) is 5.25. The van der Waals surface area contributed by atoms with Gasteiger partial charge in [-0.05, 0) is 50.2 Å². The van der Waals surface area contributed by atoms with Gasteiger partial charge in [0.2, 0.25) is 5.88 Å². The van der Waals surface area contributed by atoms with E-state index < -0.39 is 0 Å². The number of carbonyl (C=O) groups is 1. The Morgan fingerprint density at radius 3 is 2.83 bits per heavy atom. The number of nitrogens with zero attached hydrogens (tertiary/aromatic N) is 3. The van der Waals surface area contributed by atoms with Gasteiger partial charge in [0.25, 0.3) is 5.91 Å². The molecule has 2 heterocycles. The third-order valence-electron chi connectivity index (χ3n) is 5.53. The number of aryl methyl sites for hydroxylation is 1. The van der Waals surface area contributed by atoms with Crippen molar-refractivity contribution in [3.8, 4) is 5.88 Å². The molecule has 0 bridgehead atoms. The van der Waals surface area contributed by atoms with E-state index in [9.17, 15) is 4.79 Å². The zero-order valence-electron chi connectivity index (χ0n) is 17.2. The lowest BCUT2D eigenvalue weighted by molar-refractivity contribution is -0.135. The second-order valence-electron chi connectivity index (χ2n) is 8.10. The molecule has 1 aliphatic carbocycles. The second-order valence-corrected chi connectivity index (χ2v) is 9.18. The van der Waals surface area contributed by atoms with Crippen LogP contribution in [0.15, 0.2) is 36.7 Å².